The molecule has 2 N–H and O–H groups in total. The first-order valence-electron chi connectivity index (χ1n) is 8.08. The lowest BCUT2D eigenvalue weighted by atomic mass is 10.0. The highest BCUT2D eigenvalue weighted by molar-refractivity contribution is 5.93. The van der Waals surface area contributed by atoms with E-state index in [0.29, 0.717) is 24.0 Å². The summed E-state index contributed by atoms with van der Waals surface area (Å²) in [6.45, 7) is 5.65. The van der Waals surface area contributed by atoms with E-state index >= 15 is 0 Å². The molecule has 0 saturated heterocycles. The molecule has 0 aliphatic carbocycles. The molecule has 1 amide bonds. The highest BCUT2D eigenvalue weighted by Gasteiger charge is 2.10. The van der Waals surface area contributed by atoms with Crippen molar-refractivity contribution in [3.05, 3.63) is 47.9 Å². The van der Waals surface area contributed by atoms with E-state index in [0.717, 1.165) is 12.2 Å². The summed E-state index contributed by atoms with van der Waals surface area (Å²) in [5.41, 5.74) is 2.55. The number of aromatic nitrogens is 2. The molecule has 1 aromatic carbocycles. The fourth-order valence-electron chi connectivity index (χ4n) is 2.29. The molecule has 1 heterocycles. The highest BCUT2D eigenvalue weighted by atomic mass is 16.1. The van der Waals surface area contributed by atoms with Crippen LogP contribution in [0.4, 0.5) is 11.5 Å². The minimum absolute atomic E-state index is 0.195. The predicted octanol–water partition coefficient (Wildman–Crippen LogP) is 2.64. The van der Waals surface area contributed by atoms with Crippen molar-refractivity contribution in [3.8, 4) is 0 Å². The van der Waals surface area contributed by atoms with E-state index in [1.807, 2.05) is 37.2 Å². The first-order valence-corrected chi connectivity index (χ1v) is 8.08. The van der Waals surface area contributed by atoms with Crippen molar-refractivity contribution in [1.29, 1.82) is 0 Å². The summed E-state index contributed by atoms with van der Waals surface area (Å²) in [4.78, 5) is 22.4. The highest BCUT2D eigenvalue weighted by Crippen LogP contribution is 2.26. The van der Waals surface area contributed by atoms with Gasteiger partial charge in [0.1, 0.15) is 17.8 Å². The van der Waals surface area contributed by atoms with Crippen molar-refractivity contribution in [2.24, 2.45) is 0 Å². The van der Waals surface area contributed by atoms with Crippen LogP contribution in [0.15, 0.2) is 36.7 Å². The van der Waals surface area contributed by atoms with Gasteiger partial charge in [-0.05, 0) is 31.6 Å². The lowest BCUT2D eigenvalue weighted by molar-refractivity contribution is 0.0946. The van der Waals surface area contributed by atoms with Crippen LogP contribution in [0.25, 0.3) is 0 Å². The molecule has 24 heavy (non-hydrogen) atoms. The fourth-order valence-corrected chi connectivity index (χ4v) is 2.29. The average molecular weight is 327 g/mol. The number of hydrogen-bond acceptors (Lipinski definition) is 5. The zero-order chi connectivity index (χ0) is 17.5. The van der Waals surface area contributed by atoms with Gasteiger partial charge in [-0.2, -0.15) is 0 Å². The number of para-hydroxylation sites is 1. The number of anilines is 2. The molecular formula is C18H25N5O. The van der Waals surface area contributed by atoms with Gasteiger partial charge in [-0.1, -0.05) is 32.0 Å². The van der Waals surface area contributed by atoms with Gasteiger partial charge in [0, 0.05) is 24.8 Å². The molecule has 0 aliphatic heterocycles. The van der Waals surface area contributed by atoms with Crippen LogP contribution in [0, 0.1) is 0 Å². The Kier molecular flexibility index (Phi) is 6.26. The number of benzene rings is 1. The third kappa shape index (κ3) is 5.03. The number of hydrogen-bond donors (Lipinski definition) is 2. The second-order valence-electron chi connectivity index (χ2n) is 6.21. The molecular weight excluding hydrogens is 302 g/mol. The third-order valence-corrected chi connectivity index (χ3v) is 3.59. The number of carbonyl (C=O) groups is 1. The largest absolute Gasteiger partial charge is 0.349 e. The zero-order valence-corrected chi connectivity index (χ0v) is 14.7. The van der Waals surface area contributed by atoms with Crippen LogP contribution in [0.2, 0.25) is 0 Å². The van der Waals surface area contributed by atoms with E-state index in [2.05, 4.69) is 40.5 Å². The average Bonchev–Trinajstić information content (AvgIpc) is 2.55. The molecule has 2 aromatic rings. The third-order valence-electron chi connectivity index (χ3n) is 3.59. The van der Waals surface area contributed by atoms with Gasteiger partial charge in [-0.25, -0.2) is 9.97 Å². The molecule has 0 fully saturated rings. The molecule has 1 aromatic heterocycles. The first-order chi connectivity index (χ1) is 11.5. The summed E-state index contributed by atoms with van der Waals surface area (Å²) < 4.78 is 0. The Hall–Kier alpha value is -2.47. The molecule has 128 valence electrons. The van der Waals surface area contributed by atoms with Gasteiger partial charge >= 0.3 is 0 Å². The summed E-state index contributed by atoms with van der Waals surface area (Å²) in [5.74, 6) is 0.805. The molecule has 0 bridgehead atoms. The van der Waals surface area contributed by atoms with Gasteiger partial charge in [-0.15, -0.1) is 0 Å². The molecule has 2 rings (SSSR count). The van der Waals surface area contributed by atoms with Crippen LogP contribution in [0.5, 0.6) is 0 Å². The van der Waals surface area contributed by atoms with Crippen LogP contribution in [0.1, 0.15) is 35.8 Å². The molecule has 6 heteroatoms. The van der Waals surface area contributed by atoms with Crippen molar-refractivity contribution < 1.29 is 4.79 Å². The molecule has 0 radical (unpaired) electrons. The minimum Gasteiger partial charge on any atom is -0.349 e. The van der Waals surface area contributed by atoms with E-state index in [9.17, 15) is 4.79 Å². The SMILES string of the molecule is CC(C)c1ccccc1Nc1cc(C(=O)NCCN(C)C)ncn1. The Morgan fingerprint density at radius 1 is 1.21 bits per heavy atom. The van der Waals surface area contributed by atoms with E-state index in [4.69, 9.17) is 0 Å². The summed E-state index contributed by atoms with van der Waals surface area (Å²) in [6, 6.07) is 9.76. The van der Waals surface area contributed by atoms with Gasteiger partial charge in [0.25, 0.3) is 5.91 Å². The number of carbonyl (C=O) groups excluding carboxylic acids is 1. The first kappa shape index (κ1) is 17.9. The number of nitrogens with zero attached hydrogens (tertiary/aromatic N) is 3. The molecule has 0 aliphatic rings. The molecule has 0 spiro atoms. The van der Waals surface area contributed by atoms with E-state index < -0.39 is 0 Å². The summed E-state index contributed by atoms with van der Waals surface area (Å²) in [5, 5.41) is 6.14. The predicted molar refractivity (Wildman–Crippen MR) is 96.7 cm³/mol. The Balaban J connectivity index is 2.09. The van der Waals surface area contributed by atoms with Crippen molar-refractivity contribution in [2.45, 2.75) is 19.8 Å². The summed E-state index contributed by atoms with van der Waals surface area (Å²) in [7, 11) is 3.93. The van der Waals surface area contributed by atoms with Crippen molar-refractivity contribution in [1.82, 2.24) is 20.2 Å². The van der Waals surface area contributed by atoms with Crippen molar-refractivity contribution in [3.63, 3.8) is 0 Å². The van der Waals surface area contributed by atoms with Crippen molar-refractivity contribution >= 4 is 17.4 Å². The number of rotatable bonds is 7. The Labute approximate surface area is 143 Å². The van der Waals surface area contributed by atoms with Gasteiger partial charge in [-0.3, -0.25) is 4.79 Å². The zero-order valence-electron chi connectivity index (χ0n) is 14.7. The smallest absolute Gasteiger partial charge is 0.270 e. The molecule has 0 saturated carbocycles. The second-order valence-corrected chi connectivity index (χ2v) is 6.21. The summed E-state index contributed by atoms with van der Waals surface area (Å²) >= 11 is 0. The van der Waals surface area contributed by atoms with E-state index in [1.54, 1.807) is 6.07 Å². The molecule has 6 nitrogen and oxygen atoms in total. The van der Waals surface area contributed by atoms with Gasteiger partial charge in [0.05, 0.1) is 0 Å². The molecule has 0 atom stereocenters. The maximum atomic E-state index is 12.2. The Morgan fingerprint density at radius 3 is 2.67 bits per heavy atom. The maximum absolute atomic E-state index is 12.2. The number of likely N-dealkylation sites (N-methyl/N-ethyl adjacent to an activating group) is 1. The van der Waals surface area contributed by atoms with Crippen LogP contribution in [0.3, 0.4) is 0 Å². The van der Waals surface area contributed by atoms with Crippen LogP contribution < -0.4 is 10.6 Å². The monoisotopic (exact) mass is 327 g/mol. The van der Waals surface area contributed by atoms with Gasteiger partial charge in [0.15, 0.2) is 0 Å². The van der Waals surface area contributed by atoms with Gasteiger partial charge in [0.2, 0.25) is 0 Å². The van der Waals surface area contributed by atoms with E-state index in [-0.39, 0.29) is 5.91 Å². The summed E-state index contributed by atoms with van der Waals surface area (Å²) in [6.07, 6.45) is 1.40. The fraction of sp³-hybridized carbons (Fsp3) is 0.389. The topological polar surface area (TPSA) is 70.2 Å². The van der Waals surface area contributed by atoms with Crippen LogP contribution >= 0.6 is 0 Å². The quantitative estimate of drug-likeness (QED) is 0.818. The molecule has 0 unspecified atom stereocenters. The van der Waals surface area contributed by atoms with Gasteiger partial charge < -0.3 is 15.5 Å². The Morgan fingerprint density at radius 2 is 1.96 bits per heavy atom. The second kappa shape index (κ2) is 8.40. The normalized spacial score (nSPS) is 10.9. The minimum atomic E-state index is -0.195. The van der Waals surface area contributed by atoms with Crippen LogP contribution in [-0.4, -0.2) is 48.0 Å². The van der Waals surface area contributed by atoms with Crippen molar-refractivity contribution in [2.75, 3.05) is 32.5 Å². The van der Waals surface area contributed by atoms with E-state index in [1.165, 1.54) is 11.9 Å². The van der Waals surface area contributed by atoms with Crippen LogP contribution in [-0.2, 0) is 0 Å². The number of amides is 1. The lowest BCUT2D eigenvalue weighted by Crippen LogP contribution is -2.31. The maximum Gasteiger partial charge on any atom is 0.270 e. The standard InChI is InChI=1S/C18H25N5O/c1-13(2)14-7-5-6-8-15(14)22-17-11-16(20-12-21-17)18(24)19-9-10-23(3)4/h5-8,11-13H,9-10H2,1-4H3,(H,19,24)(H,20,21,22). The number of nitrogens with one attached hydrogen (secondary N) is 2. The Bertz CT molecular complexity index is 685. The lowest BCUT2D eigenvalue weighted by Gasteiger charge is -2.14.